The number of hydrogen-bond donors (Lipinski definition) is 1. The van der Waals surface area contributed by atoms with Crippen molar-refractivity contribution < 1.29 is 17.9 Å². The maximum Gasteiger partial charge on any atom is 0.339 e. The summed E-state index contributed by atoms with van der Waals surface area (Å²) < 4.78 is 25.8. The van der Waals surface area contributed by atoms with Crippen molar-refractivity contribution in [2.45, 2.75) is 5.37 Å². The number of ether oxygens (including phenoxy) is 1. The van der Waals surface area contributed by atoms with Gasteiger partial charge in [0.15, 0.2) is 9.84 Å². The first kappa shape index (κ1) is 11.1. The van der Waals surface area contributed by atoms with Gasteiger partial charge in [0, 0.05) is 6.26 Å². The molecule has 0 saturated heterocycles. The quantitative estimate of drug-likeness (QED) is 0.459. The molecule has 0 aliphatic carbocycles. The molecule has 0 rings (SSSR count). The molecule has 0 fully saturated rings. The molecule has 0 radical (unpaired) electrons. The largest absolute Gasteiger partial charge is 0.460 e. The van der Waals surface area contributed by atoms with Crippen LogP contribution in [0.5, 0.6) is 0 Å². The van der Waals surface area contributed by atoms with Crippen LogP contribution < -0.4 is 5.73 Å². The topological polar surface area (TPSA) is 86.5 Å². The average Bonchev–Trinajstić information content (AvgIpc) is 1.97. The molecule has 0 amide bonds. The highest BCUT2D eigenvalue weighted by Crippen LogP contribution is 1.94. The molecule has 5 nitrogen and oxygen atoms in total. The van der Waals surface area contributed by atoms with Gasteiger partial charge in [-0.2, -0.15) is 0 Å². The van der Waals surface area contributed by atoms with E-state index >= 15 is 0 Å². The number of carbonyl (C=O) groups is 1. The third-order valence-corrected chi connectivity index (χ3v) is 2.15. The van der Waals surface area contributed by atoms with E-state index in [1.165, 1.54) is 6.08 Å². The number of carbonyl (C=O) groups excluding carboxylic acids is 1. The normalized spacial score (nSPS) is 13.5. The maximum absolute atomic E-state index is 10.8. The lowest BCUT2D eigenvalue weighted by molar-refractivity contribution is -0.141. The van der Waals surface area contributed by atoms with E-state index in [1.807, 2.05) is 0 Å². The first-order chi connectivity index (χ1) is 5.39. The monoisotopic (exact) mass is 193 g/mol. The molecule has 0 bridgehead atoms. The van der Waals surface area contributed by atoms with Crippen LogP contribution in [0.2, 0.25) is 0 Å². The fourth-order valence-corrected chi connectivity index (χ4v) is 0.816. The summed E-state index contributed by atoms with van der Waals surface area (Å²) in [5.41, 5.74) is 5.04. The van der Waals surface area contributed by atoms with E-state index in [1.54, 1.807) is 0 Å². The lowest BCUT2D eigenvalue weighted by Crippen LogP contribution is -2.39. The molecule has 70 valence electrons. The zero-order valence-corrected chi connectivity index (χ0v) is 7.50. The van der Waals surface area contributed by atoms with Gasteiger partial charge < -0.3 is 10.5 Å². The fourth-order valence-electron chi connectivity index (χ4n) is 0.398. The van der Waals surface area contributed by atoms with E-state index in [2.05, 4.69) is 11.3 Å². The van der Waals surface area contributed by atoms with Crippen LogP contribution in [-0.2, 0) is 19.4 Å². The molecule has 0 aromatic rings. The Bertz CT molecular complexity index is 269. The second-order valence-electron chi connectivity index (χ2n) is 2.17. The summed E-state index contributed by atoms with van der Waals surface area (Å²) in [6, 6.07) is 0. The van der Waals surface area contributed by atoms with Crippen molar-refractivity contribution in [1.29, 1.82) is 0 Å². The molecular weight excluding hydrogens is 182 g/mol. The lowest BCUT2D eigenvalue weighted by Gasteiger charge is -2.07. The molecule has 0 spiro atoms. The number of esters is 1. The van der Waals surface area contributed by atoms with E-state index in [9.17, 15) is 13.2 Å². The lowest BCUT2D eigenvalue weighted by atomic mass is 10.6. The van der Waals surface area contributed by atoms with Crippen LogP contribution in [0.15, 0.2) is 12.7 Å². The highest BCUT2D eigenvalue weighted by Gasteiger charge is 2.25. The smallest absolute Gasteiger partial charge is 0.339 e. The van der Waals surface area contributed by atoms with Gasteiger partial charge in [0.1, 0.15) is 6.61 Å². The van der Waals surface area contributed by atoms with E-state index < -0.39 is 21.2 Å². The minimum atomic E-state index is -3.56. The van der Waals surface area contributed by atoms with Gasteiger partial charge in [0.2, 0.25) is 5.37 Å². The van der Waals surface area contributed by atoms with Gasteiger partial charge in [-0.1, -0.05) is 12.7 Å². The standard InChI is InChI=1S/C6H11NO4S/c1-3-4-11-6(8)5(7)12(2,9)10/h3,5H,1,4,7H2,2H3. The summed E-state index contributed by atoms with van der Waals surface area (Å²) in [7, 11) is -3.56. The van der Waals surface area contributed by atoms with Crippen molar-refractivity contribution in [1.82, 2.24) is 0 Å². The predicted octanol–water partition coefficient (Wildman–Crippen LogP) is -0.955. The van der Waals surface area contributed by atoms with E-state index in [0.717, 1.165) is 6.26 Å². The Morgan fingerprint density at radius 2 is 2.25 bits per heavy atom. The number of rotatable bonds is 4. The van der Waals surface area contributed by atoms with Crippen LogP contribution >= 0.6 is 0 Å². The Balaban J connectivity index is 4.21. The molecule has 0 saturated carbocycles. The Labute approximate surface area is 71.1 Å². The summed E-state index contributed by atoms with van der Waals surface area (Å²) in [4.78, 5) is 10.8. The highest BCUT2D eigenvalue weighted by molar-refractivity contribution is 7.92. The second-order valence-corrected chi connectivity index (χ2v) is 4.34. The zero-order chi connectivity index (χ0) is 9.78. The first-order valence-corrected chi connectivity index (χ1v) is 5.07. The predicted molar refractivity (Wildman–Crippen MR) is 44.0 cm³/mol. The highest BCUT2D eigenvalue weighted by atomic mass is 32.2. The van der Waals surface area contributed by atoms with Gasteiger partial charge >= 0.3 is 5.97 Å². The molecule has 0 aliphatic heterocycles. The third kappa shape index (κ3) is 3.49. The van der Waals surface area contributed by atoms with E-state index in [-0.39, 0.29) is 6.61 Å². The molecule has 12 heavy (non-hydrogen) atoms. The Morgan fingerprint density at radius 1 is 1.75 bits per heavy atom. The zero-order valence-electron chi connectivity index (χ0n) is 6.69. The minimum absolute atomic E-state index is 0.0396. The van der Waals surface area contributed by atoms with Crippen molar-refractivity contribution >= 4 is 15.8 Å². The summed E-state index contributed by atoms with van der Waals surface area (Å²) in [5, 5.41) is -1.60. The SMILES string of the molecule is C=CCOC(=O)C(N)S(C)(=O)=O. The Kier molecular flexibility index (Phi) is 3.91. The number of hydrogen-bond acceptors (Lipinski definition) is 5. The fraction of sp³-hybridized carbons (Fsp3) is 0.500. The molecule has 0 heterocycles. The van der Waals surface area contributed by atoms with Crippen molar-refractivity contribution in [3.05, 3.63) is 12.7 Å². The van der Waals surface area contributed by atoms with Gasteiger partial charge in [-0.3, -0.25) is 0 Å². The molecule has 1 unspecified atom stereocenters. The molecule has 1 atom stereocenters. The summed E-state index contributed by atoms with van der Waals surface area (Å²) in [6.45, 7) is 3.25. The van der Waals surface area contributed by atoms with Gasteiger partial charge in [-0.15, -0.1) is 0 Å². The van der Waals surface area contributed by atoms with Crippen molar-refractivity contribution in [3.63, 3.8) is 0 Å². The van der Waals surface area contributed by atoms with Crippen LogP contribution in [0.3, 0.4) is 0 Å². The van der Waals surface area contributed by atoms with Crippen molar-refractivity contribution in [2.24, 2.45) is 5.73 Å². The van der Waals surface area contributed by atoms with Crippen LogP contribution in [0.4, 0.5) is 0 Å². The van der Waals surface area contributed by atoms with Gasteiger partial charge in [0.25, 0.3) is 0 Å². The summed E-state index contributed by atoms with van der Waals surface area (Å²) in [5.74, 6) is -0.961. The molecular formula is C6H11NO4S. The second kappa shape index (κ2) is 4.22. The minimum Gasteiger partial charge on any atom is -0.460 e. The van der Waals surface area contributed by atoms with Crippen molar-refractivity contribution in [3.8, 4) is 0 Å². The van der Waals surface area contributed by atoms with Crippen LogP contribution in [0.1, 0.15) is 0 Å². The van der Waals surface area contributed by atoms with Crippen molar-refractivity contribution in [2.75, 3.05) is 12.9 Å². The van der Waals surface area contributed by atoms with Crippen LogP contribution in [0.25, 0.3) is 0 Å². The number of sulfone groups is 1. The molecule has 0 aliphatic rings. The summed E-state index contributed by atoms with van der Waals surface area (Å²) in [6.07, 6.45) is 2.19. The van der Waals surface area contributed by atoms with Gasteiger partial charge in [-0.05, 0) is 0 Å². The Hall–Kier alpha value is -0.880. The van der Waals surface area contributed by atoms with E-state index in [4.69, 9.17) is 5.73 Å². The summed E-state index contributed by atoms with van der Waals surface area (Å²) >= 11 is 0. The molecule has 0 aromatic carbocycles. The van der Waals surface area contributed by atoms with E-state index in [0.29, 0.717) is 0 Å². The number of nitrogens with two attached hydrogens (primary N) is 1. The van der Waals surface area contributed by atoms with Gasteiger partial charge in [-0.25, -0.2) is 13.2 Å². The van der Waals surface area contributed by atoms with Gasteiger partial charge in [0.05, 0.1) is 0 Å². The molecule has 0 aromatic heterocycles. The maximum atomic E-state index is 10.8. The average molecular weight is 193 g/mol. The third-order valence-electron chi connectivity index (χ3n) is 1.04. The van der Waals surface area contributed by atoms with Crippen LogP contribution in [0, 0.1) is 0 Å². The molecule has 2 N–H and O–H groups in total. The molecule has 6 heteroatoms. The Morgan fingerprint density at radius 3 is 2.58 bits per heavy atom. The van der Waals surface area contributed by atoms with Crippen LogP contribution in [-0.4, -0.2) is 32.6 Å². The first-order valence-electron chi connectivity index (χ1n) is 3.11.